The Balaban J connectivity index is 1.90. The molecule has 0 aliphatic rings. The van der Waals surface area contributed by atoms with E-state index in [0.717, 1.165) is 11.6 Å². The second-order valence-corrected chi connectivity index (χ2v) is 6.33. The van der Waals surface area contributed by atoms with Crippen LogP contribution in [0.5, 0.6) is 0 Å². The number of halogens is 4. The van der Waals surface area contributed by atoms with Crippen LogP contribution in [0.25, 0.3) is 11.1 Å². The molecule has 0 unspecified atom stereocenters. The highest BCUT2D eigenvalue weighted by atomic mass is 19.4. The summed E-state index contributed by atoms with van der Waals surface area (Å²) in [7, 11) is 0. The van der Waals surface area contributed by atoms with Gasteiger partial charge < -0.3 is 11.1 Å². The number of pyridine rings is 1. The first-order chi connectivity index (χ1) is 13.8. The minimum Gasteiger partial charge on any atom is -0.369 e. The van der Waals surface area contributed by atoms with Crippen LogP contribution in [0.1, 0.15) is 21.5 Å². The number of aromatic nitrogens is 1. The fraction of sp³-hybridized carbons (Fsp3) is 0.143. The van der Waals surface area contributed by atoms with Crippen molar-refractivity contribution in [1.29, 1.82) is 0 Å². The number of hydrogen-bond donors (Lipinski definition) is 2. The van der Waals surface area contributed by atoms with Crippen LogP contribution < -0.4 is 11.1 Å². The van der Waals surface area contributed by atoms with Crippen molar-refractivity contribution in [1.82, 2.24) is 4.98 Å². The van der Waals surface area contributed by atoms with Gasteiger partial charge >= 0.3 is 6.18 Å². The first-order valence-electron chi connectivity index (χ1n) is 8.70. The van der Waals surface area contributed by atoms with E-state index in [1.54, 1.807) is 12.1 Å². The van der Waals surface area contributed by atoms with Crippen molar-refractivity contribution in [2.24, 2.45) is 5.73 Å². The molecule has 3 aromatic rings. The Morgan fingerprint density at radius 2 is 1.76 bits per heavy atom. The third-order valence-electron chi connectivity index (χ3n) is 4.33. The number of carbonyl (C=O) groups is 1. The molecular formula is C21H17F4N3O. The van der Waals surface area contributed by atoms with E-state index in [4.69, 9.17) is 5.73 Å². The Kier molecular flexibility index (Phi) is 5.81. The van der Waals surface area contributed by atoms with Crippen molar-refractivity contribution >= 4 is 11.7 Å². The molecule has 3 rings (SSSR count). The van der Waals surface area contributed by atoms with E-state index in [0.29, 0.717) is 13.0 Å². The van der Waals surface area contributed by atoms with Crippen molar-refractivity contribution in [2.45, 2.75) is 12.6 Å². The molecule has 0 radical (unpaired) electrons. The Morgan fingerprint density at radius 3 is 2.41 bits per heavy atom. The summed E-state index contributed by atoms with van der Waals surface area (Å²) in [5.74, 6) is -1.01. The standard InChI is InChI=1S/C21H17F4N3O/c22-15-6-3-13(4-7-15)9-11-28-20-17(2-1-10-27-20)16-8-5-14(19(26)29)12-18(16)21(23,24)25/h1-8,10,12H,9,11H2,(H2,26,29)(H,27,28). The maximum Gasteiger partial charge on any atom is 0.417 e. The molecule has 1 aromatic heterocycles. The maximum absolute atomic E-state index is 13.6. The molecule has 0 spiro atoms. The van der Waals surface area contributed by atoms with Gasteiger partial charge in [-0.25, -0.2) is 9.37 Å². The van der Waals surface area contributed by atoms with Crippen LogP contribution in [-0.4, -0.2) is 17.4 Å². The molecule has 1 heterocycles. The summed E-state index contributed by atoms with van der Waals surface area (Å²) in [5, 5.41) is 3.03. The minimum absolute atomic E-state index is 0.111. The number of rotatable bonds is 6. The highest BCUT2D eigenvalue weighted by molar-refractivity contribution is 5.94. The van der Waals surface area contributed by atoms with Crippen molar-refractivity contribution in [3.63, 3.8) is 0 Å². The first-order valence-corrected chi connectivity index (χ1v) is 8.70. The number of carbonyl (C=O) groups excluding carboxylic acids is 1. The number of anilines is 1. The lowest BCUT2D eigenvalue weighted by molar-refractivity contribution is -0.137. The quantitative estimate of drug-likeness (QED) is 0.589. The lowest BCUT2D eigenvalue weighted by Gasteiger charge is -2.17. The normalized spacial score (nSPS) is 11.3. The number of primary amides is 1. The topological polar surface area (TPSA) is 68.0 Å². The summed E-state index contributed by atoms with van der Waals surface area (Å²) in [6.45, 7) is 0.385. The van der Waals surface area contributed by atoms with E-state index in [1.807, 2.05) is 0 Å². The number of hydrogen-bond acceptors (Lipinski definition) is 3. The number of alkyl halides is 3. The van der Waals surface area contributed by atoms with Gasteiger partial charge in [0, 0.05) is 23.9 Å². The first kappa shape index (κ1) is 20.3. The van der Waals surface area contributed by atoms with E-state index in [1.165, 1.54) is 42.6 Å². The van der Waals surface area contributed by atoms with Gasteiger partial charge in [-0.05, 0) is 53.9 Å². The van der Waals surface area contributed by atoms with Crippen LogP contribution in [0.3, 0.4) is 0 Å². The average molecular weight is 403 g/mol. The number of nitrogens with two attached hydrogens (primary N) is 1. The van der Waals surface area contributed by atoms with E-state index >= 15 is 0 Å². The van der Waals surface area contributed by atoms with E-state index in [2.05, 4.69) is 10.3 Å². The zero-order chi connectivity index (χ0) is 21.0. The number of nitrogens with zero attached hydrogens (tertiary/aromatic N) is 1. The highest BCUT2D eigenvalue weighted by Crippen LogP contribution is 2.39. The third kappa shape index (κ3) is 4.90. The molecule has 0 bridgehead atoms. The van der Waals surface area contributed by atoms with Gasteiger partial charge in [0.05, 0.1) is 5.56 Å². The summed E-state index contributed by atoms with van der Waals surface area (Å²) in [6, 6.07) is 12.2. The molecule has 8 heteroatoms. The molecule has 1 amide bonds. The van der Waals surface area contributed by atoms with E-state index in [-0.39, 0.29) is 28.3 Å². The third-order valence-corrected chi connectivity index (χ3v) is 4.33. The van der Waals surface area contributed by atoms with Crippen LogP contribution in [-0.2, 0) is 12.6 Å². The second-order valence-electron chi connectivity index (χ2n) is 6.33. The lowest BCUT2D eigenvalue weighted by Crippen LogP contribution is -2.15. The Labute approximate surface area is 164 Å². The van der Waals surface area contributed by atoms with Gasteiger partial charge in [-0.1, -0.05) is 18.2 Å². The van der Waals surface area contributed by atoms with Crippen LogP contribution in [0.4, 0.5) is 23.4 Å². The molecular weight excluding hydrogens is 386 g/mol. The van der Waals surface area contributed by atoms with Gasteiger partial charge in [-0.2, -0.15) is 13.2 Å². The van der Waals surface area contributed by atoms with Gasteiger partial charge in [-0.15, -0.1) is 0 Å². The van der Waals surface area contributed by atoms with E-state index < -0.39 is 17.6 Å². The number of benzene rings is 2. The van der Waals surface area contributed by atoms with Gasteiger partial charge in [0.25, 0.3) is 0 Å². The zero-order valence-electron chi connectivity index (χ0n) is 15.1. The van der Waals surface area contributed by atoms with Gasteiger partial charge in [0.1, 0.15) is 11.6 Å². The molecule has 0 saturated heterocycles. The summed E-state index contributed by atoms with van der Waals surface area (Å²) < 4.78 is 53.8. The van der Waals surface area contributed by atoms with Gasteiger partial charge in [-0.3, -0.25) is 4.79 Å². The van der Waals surface area contributed by atoms with Crippen molar-refractivity contribution in [2.75, 3.05) is 11.9 Å². The largest absolute Gasteiger partial charge is 0.417 e. The van der Waals surface area contributed by atoms with Crippen LogP contribution in [0.15, 0.2) is 60.8 Å². The lowest BCUT2D eigenvalue weighted by atomic mass is 9.97. The molecule has 0 aliphatic heterocycles. The Morgan fingerprint density at radius 1 is 1.03 bits per heavy atom. The summed E-state index contributed by atoms with van der Waals surface area (Å²) in [6.07, 6.45) is -2.68. The number of amides is 1. The molecule has 0 saturated carbocycles. The molecule has 0 fully saturated rings. The summed E-state index contributed by atoms with van der Waals surface area (Å²) in [5.41, 5.74) is 4.93. The Bertz CT molecular complexity index is 1020. The molecule has 2 aromatic carbocycles. The fourth-order valence-corrected chi connectivity index (χ4v) is 2.91. The van der Waals surface area contributed by atoms with Gasteiger partial charge in [0.2, 0.25) is 5.91 Å². The second kappa shape index (κ2) is 8.30. The summed E-state index contributed by atoms with van der Waals surface area (Å²) >= 11 is 0. The minimum atomic E-state index is -4.68. The molecule has 29 heavy (non-hydrogen) atoms. The number of nitrogens with one attached hydrogen (secondary N) is 1. The Hall–Kier alpha value is -3.42. The monoisotopic (exact) mass is 403 g/mol. The van der Waals surface area contributed by atoms with E-state index in [9.17, 15) is 22.4 Å². The molecule has 0 atom stereocenters. The SMILES string of the molecule is NC(=O)c1ccc(-c2cccnc2NCCc2ccc(F)cc2)c(C(F)(F)F)c1. The van der Waals surface area contributed by atoms with Crippen molar-refractivity contribution < 1.29 is 22.4 Å². The van der Waals surface area contributed by atoms with Crippen LogP contribution >= 0.6 is 0 Å². The predicted octanol–water partition coefficient (Wildman–Crippen LogP) is 4.66. The molecule has 0 aliphatic carbocycles. The highest BCUT2D eigenvalue weighted by Gasteiger charge is 2.35. The van der Waals surface area contributed by atoms with Gasteiger partial charge in [0.15, 0.2) is 0 Å². The maximum atomic E-state index is 13.6. The predicted molar refractivity (Wildman–Crippen MR) is 102 cm³/mol. The average Bonchev–Trinajstić information content (AvgIpc) is 2.69. The van der Waals surface area contributed by atoms with Crippen LogP contribution in [0.2, 0.25) is 0 Å². The van der Waals surface area contributed by atoms with Crippen molar-refractivity contribution in [3.05, 3.63) is 83.3 Å². The fourth-order valence-electron chi connectivity index (χ4n) is 2.91. The molecule has 150 valence electrons. The van der Waals surface area contributed by atoms with Crippen LogP contribution in [0, 0.1) is 5.82 Å². The molecule has 3 N–H and O–H groups in total. The smallest absolute Gasteiger partial charge is 0.369 e. The molecule has 4 nitrogen and oxygen atoms in total. The summed E-state index contributed by atoms with van der Waals surface area (Å²) in [4.78, 5) is 15.4. The zero-order valence-corrected chi connectivity index (χ0v) is 15.1. The van der Waals surface area contributed by atoms with Crippen molar-refractivity contribution in [3.8, 4) is 11.1 Å².